The Bertz CT molecular complexity index is 206. The molecule has 0 aliphatic heterocycles. The van der Waals surface area contributed by atoms with Crippen molar-refractivity contribution in [3.8, 4) is 0 Å². The first-order valence-electron chi connectivity index (χ1n) is 4.90. The molecule has 0 unspecified atom stereocenters. The molecule has 0 bridgehead atoms. The molecule has 0 aromatic rings. The molecule has 0 aromatic heterocycles. The van der Waals surface area contributed by atoms with Crippen LogP contribution in [0, 0.1) is 5.92 Å². The van der Waals surface area contributed by atoms with Crippen molar-refractivity contribution in [3.05, 3.63) is 11.6 Å². The van der Waals surface area contributed by atoms with E-state index < -0.39 is 0 Å². The fraction of sp³-hybridized carbons (Fsp3) is 0.818. The normalized spacial score (nSPS) is 30.1. The number of aliphatic hydroxyl groups excluding tert-OH is 1. The second kappa shape index (κ2) is 3.81. The average Bonchev–Trinajstić information content (AvgIpc) is 2.09. The van der Waals surface area contributed by atoms with Crippen molar-refractivity contribution in [2.75, 3.05) is 7.11 Å². The first-order chi connectivity index (χ1) is 5.97. The first-order valence-corrected chi connectivity index (χ1v) is 4.90. The van der Waals surface area contributed by atoms with Gasteiger partial charge in [-0.1, -0.05) is 13.0 Å². The van der Waals surface area contributed by atoms with Gasteiger partial charge in [0.25, 0.3) is 0 Å². The summed E-state index contributed by atoms with van der Waals surface area (Å²) in [5, 5.41) is 9.71. The maximum Gasteiger partial charge on any atom is 0.0832 e. The van der Waals surface area contributed by atoms with Gasteiger partial charge in [0.1, 0.15) is 0 Å². The van der Waals surface area contributed by atoms with Gasteiger partial charge in [-0.25, -0.2) is 0 Å². The Hall–Kier alpha value is -0.340. The summed E-state index contributed by atoms with van der Waals surface area (Å²) < 4.78 is 5.38. The molecule has 0 radical (unpaired) electrons. The molecule has 0 spiro atoms. The third kappa shape index (κ3) is 2.32. The number of aliphatic hydroxyl groups is 1. The monoisotopic (exact) mass is 184 g/mol. The highest BCUT2D eigenvalue weighted by molar-refractivity contribution is 5.18. The fourth-order valence-electron chi connectivity index (χ4n) is 1.62. The van der Waals surface area contributed by atoms with Crippen LogP contribution in [0.4, 0.5) is 0 Å². The Morgan fingerprint density at radius 3 is 2.62 bits per heavy atom. The van der Waals surface area contributed by atoms with E-state index in [1.807, 2.05) is 13.8 Å². The van der Waals surface area contributed by atoms with Crippen LogP contribution in [-0.4, -0.2) is 23.9 Å². The van der Waals surface area contributed by atoms with E-state index in [1.54, 1.807) is 7.11 Å². The smallest absolute Gasteiger partial charge is 0.0832 e. The maximum absolute atomic E-state index is 9.71. The number of allylic oxidation sites excluding steroid dienone is 1. The van der Waals surface area contributed by atoms with Gasteiger partial charge in [0.2, 0.25) is 0 Å². The van der Waals surface area contributed by atoms with Crippen LogP contribution >= 0.6 is 0 Å². The molecular weight excluding hydrogens is 164 g/mol. The highest BCUT2D eigenvalue weighted by Crippen LogP contribution is 2.31. The lowest BCUT2D eigenvalue weighted by Crippen LogP contribution is -2.32. The molecule has 0 fully saturated rings. The molecular formula is C11H20O2. The van der Waals surface area contributed by atoms with Crippen molar-refractivity contribution in [2.24, 2.45) is 5.92 Å². The van der Waals surface area contributed by atoms with Gasteiger partial charge in [-0.3, -0.25) is 0 Å². The van der Waals surface area contributed by atoms with E-state index in [-0.39, 0.29) is 11.7 Å². The maximum atomic E-state index is 9.71. The molecule has 2 heteroatoms. The highest BCUT2D eigenvalue weighted by Gasteiger charge is 2.29. The second-order valence-corrected chi connectivity index (χ2v) is 4.43. The van der Waals surface area contributed by atoms with Crippen LogP contribution in [0.5, 0.6) is 0 Å². The minimum absolute atomic E-state index is 0.200. The summed E-state index contributed by atoms with van der Waals surface area (Å²) in [5.41, 5.74) is 1.00. The Balaban J connectivity index is 2.73. The molecule has 1 aliphatic carbocycles. The van der Waals surface area contributed by atoms with E-state index >= 15 is 0 Å². The van der Waals surface area contributed by atoms with Crippen molar-refractivity contribution in [1.29, 1.82) is 0 Å². The first kappa shape index (κ1) is 10.7. The largest absolute Gasteiger partial charge is 0.393 e. The van der Waals surface area contributed by atoms with Crippen LogP contribution in [0.25, 0.3) is 0 Å². The zero-order valence-corrected chi connectivity index (χ0v) is 9.00. The topological polar surface area (TPSA) is 29.5 Å². The Morgan fingerprint density at radius 1 is 1.54 bits per heavy atom. The van der Waals surface area contributed by atoms with Gasteiger partial charge >= 0.3 is 0 Å². The van der Waals surface area contributed by atoms with Crippen molar-refractivity contribution in [2.45, 2.75) is 45.3 Å². The zero-order chi connectivity index (χ0) is 10.1. The molecule has 1 rings (SSSR count). The van der Waals surface area contributed by atoms with Crippen molar-refractivity contribution in [3.63, 3.8) is 0 Å². The zero-order valence-electron chi connectivity index (χ0n) is 9.00. The van der Waals surface area contributed by atoms with E-state index in [4.69, 9.17) is 4.74 Å². The Labute approximate surface area is 80.6 Å². The summed E-state index contributed by atoms with van der Waals surface area (Å²) in [6, 6.07) is 0. The molecule has 13 heavy (non-hydrogen) atoms. The summed E-state index contributed by atoms with van der Waals surface area (Å²) in [7, 11) is 1.71. The quantitative estimate of drug-likeness (QED) is 0.666. The number of rotatable bonds is 2. The van der Waals surface area contributed by atoms with E-state index in [9.17, 15) is 5.11 Å². The Kier molecular flexibility index (Phi) is 3.14. The Morgan fingerprint density at radius 2 is 2.15 bits per heavy atom. The molecule has 2 nitrogen and oxygen atoms in total. The molecule has 2 atom stereocenters. The van der Waals surface area contributed by atoms with Crippen LogP contribution in [0.3, 0.4) is 0 Å². The van der Waals surface area contributed by atoms with Gasteiger partial charge < -0.3 is 9.84 Å². The predicted octanol–water partition coefficient (Wildman–Crippen LogP) is 2.13. The summed E-state index contributed by atoms with van der Waals surface area (Å²) in [6.07, 6.45) is 3.72. The van der Waals surface area contributed by atoms with Crippen molar-refractivity contribution < 1.29 is 9.84 Å². The van der Waals surface area contributed by atoms with Gasteiger partial charge in [-0.05, 0) is 38.2 Å². The van der Waals surface area contributed by atoms with Crippen molar-refractivity contribution >= 4 is 0 Å². The van der Waals surface area contributed by atoms with Gasteiger partial charge in [-0.2, -0.15) is 0 Å². The van der Waals surface area contributed by atoms with E-state index in [0.29, 0.717) is 5.92 Å². The standard InChI is InChI=1S/C11H20O2/c1-8-5-6-9(7-10(8)12)11(2,3)13-4/h6,8,10,12H,5,7H2,1-4H3/t8-,10-/m1/s1. The van der Waals surface area contributed by atoms with E-state index in [0.717, 1.165) is 12.8 Å². The number of ether oxygens (including phenoxy) is 1. The third-order valence-electron chi connectivity index (χ3n) is 3.11. The summed E-state index contributed by atoms with van der Waals surface area (Å²) in [5.74, 6) is 0.386. The van der Waals surface area contributed by atoms with E-state index in [1.165, 1.54) is 5.57 Å². The summed E-state index contributed by atoms with van der Waals surface area (Å²) >= 11 is 0. The van der Waals surface area contributed by atoms with Crippen LogP contribution < -0.4 is 0 Å². The molecule has 76 valence electrons. The lowest BCUT2D eigenvalue weighted by molar-refractivity contribution is 0.0336. The molecule has 0 amide bonds. The molecule has 0 saturated carbocycles. The minimum Gasteiger partial charge on any atom is -0.393 e. The third-order valence-corrected chi connectivity index (χ3v) is 3.11. The highest BCUT2D eigenvalue weighted by atomic mass is 16.5. The lowest BCUT2D eigenvalue weighted by Gasteiger charge is -2.33. The predicted molar refractivity (Wildman–Crippen MR) is 53.6 cm³/mol. The molecule has 0 heterocycles. The lowest BCUT2D eigenvalue weighted by atomic mass is 9.82. The fourth-order valence-corrected chi connectivity index (χ4v) is 1.62. The average molecular weight is 184 g/mol. The minimum atomic E-state index is -0.221. The molecule has 0 saturated heterocycles. The molecule has 1 N–H and O–H groups in total. The van der Waals surface area contributed by atoms with Crippen LogP contribution in [0.2, 0.25) is 0 Å². The van der Waals surface area contributed by atoms with Gasteiger partial charge in [0, 0.05) is 7.11 Å². The SMILES string of the molecule is COC(C)(C)C1=CC[C@@H](C)[C@H](O)C1. The molecule has 0 aromatic carbocycles. The number of hydrogen-bond donors (Lipinski definition) is 1. The van der Waals surface area contributed by atoms with Crippen LogP contribution in [0.15, 0.2) is 11.6 Å². The van der Waals surface area contributed by atoms with Gasteiger partial charge in [0.15, 0.2) is 0 Å². The number of methoxy groups -OCH3 is 1. The van der Waals surface area contributed by atoms with Gasteiger partial charge in [-0.15, -0.1) is 0 Å². The number of hydrogen-bond acceptors (Lipinski definition) is 2. The van der Waals surface area contributed by atoms with Gasteiger partial charge in [0.05, 0.1) is 11.7 Å². The van der Waals surface area contributed by atoms with Crippen LogP contribution in [-0.2, 0) is 4.74 Å². The summed E-state index contributed by atoms with van der Waals surface area (Å²) in [4.78, 5) is 0. The van der Waals surface area contributed by atoms with Crippen LogP contribution in [0.1, 0.15) is 33.6 Å². The van der Waals surface area contributed by atoms with Crippen molar-refractivity contribution in [1.82, 2.24) is 0 Å². The summed E-state index contributed by atoms with van der Waals surface area (Å²) in [6.45, 7) is 6.17. The molecule has 1 aliphatic rings. The van der Waals surface area contributed by atoms with E-state index in [2.05, 4.69) is 13.0 Å². The second-order valence-electron chi connectivity index (χ2n) is 4.43.